The molecule has 1 saturated heterocycles. The number of ether oxygens (including phenoxy) is 2. The molecule has 5 rings (SSSR count). The van der Waals surface area contributed by atoms with Gasteiger partial charge < -0.3 is 14.4 Å². The zero-order valence-corrected chi connectivity index (χ0v) is 15.7. The molecule has 144 valence electrons. The molecular weight excluding hydrogens is 358 g/mol. The number of likely N-dealkylation sites (tertiary alicyclic amines) is 1. The molecule has 1 fully saturated rings. The van der Waals surface area contributed by atoms with Crippen molar-refractivity contribution < 1.29 is 14.3 Å². The first-order valence-corrected chi connectivity index (χ1v) is 9.57. The normalized spacial score (nSPS) is 17.1. The van der Waals surface area contributed by atoms with E-state index >= 15 is 0 Å². The molecule has 1 aromatic carbocycles. The lowest BCUT2D eigenvalue weighted by molar-refractivity contribution is 0.0700. The Labute approximate surface area is 162 Å². The second-order valence-electron chi connectivity index (χ2n) is 7.20. The molecular formula is C20H21N5O3. The second-order valence-corrected chi connectivity index (χ2v) is 7.20. The van der Waals surface area contributed by atoms with E-state index in [2.05, 4.69) is 15.3 Å². The van der Waals surface area contributed by atoms with Crippen LogP contribution in [0.5, 0.6) is 11.5 Å². The lowest BCUT2D eigenvalue weighted by atomic mass is 9.95. The molecule has 0 unspecified atom stereocenters. The minimum atomic E-state index is -0.0131. The molecule has 0 atom stereocenters. The summed E-state index contributed by atoms with van der Waals surface area (Å²) in [5.74, 6) is 2.30. The van der Waals surface area contributed by atoms with Crippen molar-refractivity contribution in [2.45, 2.75) is 25.7 Å². The molecule has 3 aromatic rings. The molecule has 28 heavy (non-hydrogen) atoms. The molecule has 2 aliphatic rings. The van der Waals surface area contributed by atoms with Crippen molar-refractivity contribution in [3.05, 3.63) is 47.4 Å². The van der Waals surface area contributed by atoms with Crippen molar-refractivity contribution in [2.24, 2.45) is 0 Å². The summed E-state index contributed by atoms with van der Waals surface area (Å²) >= 11 is 0. The number of nitrogens with zero attached hydrogens (tertiary/aromatic N) is 5. The first-order valence-electron chi connectivity index (χ1n) is 9.57. The van der Waals surface area contributed by atoms with Crippen LogP contribution < -0.4 is 9.47 Å². The Kier molecular flexibility index (Phi) is 4.11. The number of fused-ring (bicyclic) bond motifs is 2. The van der Waals surface area contributed by atoms with E-state index in [9.17, 15) is 4.79 Å². The number of aryl methyl sites for hydroxylation is 1. The molecule has 0 radical (unpaired) electrons. The fourth-order valence-electron chi connectivity index (χ4n) is 3.90. The fraction of sp³-hybridized carbons (Fsp3) is 0.400. The van der Waals surface area contributed by atoms with Crippen LogP contribution >= 0.6 is 0 Å². The quantitative estimate of drug-likeness (QED) is 0.679. The van der Waals surface area contributed by atoms with Gasteiger partial charge in [0.15, 0.2) is 23.0 Å². The van der Waals surface area contributed by atoms with Crippen LogP contribution in [0.3, 0.4) is 0 Å². The van der Waals surface area contributed by atoms with E-state index in [1.807, 2.05) is 40.6 Å². The number of aromatic nitrogens is 4. The third kappa shape index (κ3) is 2.85. The molecule has 0 N–H and O–H groups in total. The van der Waals surface area contributed by atoms with Crippen LogP contribution in [0.25, 0.3) is 5.65 Å². The van der Waals surface area contributed by atoms with E-state index in [4.69, 9.17) is 9.47 Å². The molecule has 0 bridgehead atoms. The van der Waals surface area contributed by atoms with Crippen LogP contribution in [-0.2, 0) is 0 Å². The Balaban J connectivity index is 1.33. The Hall–Kier alpha value is -3.16. The van der Waals surface area contributed by atoms with Crippen molar-refractivity contribution in [1.82, 2.24) is 24.7 Å². The summed E-state index contributed by atoms with van der Waals surface area (Å²) in [6.07, 6.45) is 1.66. The van der Waals surface area contributed by atoms with E-state index in [1.54, 1.807) is 6.07 Å². The molecule has 8 nitrogen and oxygen atoms in total. The predicted octanol–water partition coefficient (Wildman–Crippen LogP) is 2.22. The van der Waals surface area contributed by atoms with Crippen LogP contribution in [0.4, 0.5) is 0 Å². The Bertz CT molecular complexity index is 1040. The lowest BCUT2D eigenvalue weighted by Crippen LogP contribution is -2.38. The molecule has 0 spiro atoms. The zero-order chi connectivity index (χ0) is 19.1. The van der Waals surface area contributed by atoms with Gasteiger partial charge in [-0.2, -0.15) is 9.61 Å². The second kappa shape index (κ2) is 6.78. The molecule has 0 saturated carbocycles. The number of rotatable bonds is 2. The van der Waals surface area contributed by atoms with Crippen LogP contribution in [0.1, 0.15) is 40.6 Å². The topological polar surface area (TPSA) is 81.9 Å². The summed E-state index contributed by atoms with van der Waals surface area (Å²) in [7, 11) is 0. The predicted molar refractivity (Wildman–Crippen MR) is 101 cm³/mol. The number of carbonyl (C=O) groups excluding carboxylic acids is 1. The summed E-state index contributed by atoms with van der Waals surface area (Å²) in [6, 6.07) is 9.34. The first-order chi connectivity index (χ1) is 13.7. The number of carbonyl (C=O) groups is 1. The van der Waals surface area contributed by atoms with Gasteiger partial charge in [0.1, 0.15) is 13.2 Å². The largest absolute Gasteiger partial charge is 0.486 e. The van der Waals surface area contributed by atoms with Crippen LogP contribution in [0.2, 0.25) is 0 Å². The number of hydrogen-bond donors (Lipinski definition) is 0. The average molecular weight is 379 g/mol. The number of piperidine rings is 1. The molecule has 2 aromatic heterocycles. The molecule has 2 aliphatic heterocycles. The molecule has 4 heterocycles. The number of amides is 1. The standard InChI is InChI=1S/C20H21N5O3/c1-13-5-6-17-21-22-19(25(17)23-13)14-7-9-24(10-8-14)20(26)15-3-2-4-16-18(15)28-12-11-27-16/h2-6,14H,7-12H2,1H3. The van der Waals surface area contributed by atoms with Gasteiger partial charge in [0.25, 0.3) is 5.91 Å². The van der Waals surface area contributed by atoms with Crippen molar-refractivity contribution >= 4 is 11.6 Å². The van der Waals surface area contributed by atoms with Gasteiger partial charge in [-0.25, -0.2) is 0 Å². The molecule has 8 heteroatoms. The first kappa shape index (κ1) is 17.0. The third-order valence-electron chi connectivity index (χ3n) is 5.36. The summed E-state index contributed by atoms with van der Waals surface area (Å²) in [5.41, 5.74) is 2.25. The van der Waals surface area contributed by atoms with Gasteiger partial charge in [-0.1, -0.05) is 6.07 Å². The number of para-hydroxylation sites is 1. The smallest absolute Gasteiger partial charge is 0.257 e. The lowest BCUT2D eigenvalue weighted by Gasteiger charge is -2.32. The van der Waals surface area contributed by atoms with Gasteiger partial charge in [-0.05, 0) is 44.0 Å². The Morgan fingerprint density at radius 2 is 1.89 bits per heavy atom. The highest BCUT2D eigenvalue weighted by Crippen LogP contribution is 2.35. The third-order valence-corrected chi connectivity index (χ3v) is 5.36. The highest BCUT2D eigenvalue weighted by Gasteiger charge is 2.30. The monoisotopic (exact) mass is 379 g/mol. The summed E-state index contributed by atoms with van der Waals surface area (Å²) in [5, 5.41) is 13.1. The molecule has 1 amide bonds. The van der Waals surface area contributed by atoms with Gasteiger partial charge in [0.05, 0.1) is 11.3 Å². The number of hydrogen-bond acceptors (Lipinski definition) is 6. The van der Waals surface area contributed by atoms with Crippen LogP contribution in [0, 0.1) is 6.92 Å². The zero-order valence-electron chi connectivity index (χ0n) is 15.7. The Morgan fingerprint density at radius 1 is 1.07 bits per heavy atom. The van der Waals surface area contributed by atoms with Crippen LogP contribution in [-0.4, -0.2) is 56.9 Å². The van der Waals surface area contributed by atoms with Crippen LogP contribution in [0.15, 0.2) is 30.3 Å². The highest BCUT2D eigenvalue weighted by molar-refractivity contribution is 5.98. The van der Waals surface area contributed by atoms with Gasteiger partial charge in [-0.3, -0.25) is 4.79 Å². The maximum absolute atomic E-state index is 13.1. The van der Waals surface area contributed by atoms with Crippen molar-refractivity contribution in [1.29, 1.82) is 0 Å². The van der Waals surface area contributed by atoms with E-state index in [0.29, 0.717) is 43.4 Å². The molecule has 0 aliphatic carbocycles. The summed E-state index contributed by atoms with van der Waals surface area (Å²) in [4.78, 5) is 14.9. The maximum Gasteiger partial charge on any atom is 0.257 e. The van der Waals surface area contributed by atoms with Gasteiger partial charge in [0, 0.05) is 19.0 Å². The van der Waals surface area contributed by atoms with E-state index in [-0.39, 0.29) is 11.8 Å². The minimum Gasteiger partial charge on any atom is -0.486 e. The highest BCUT2D eigenvalue weighted by atomic mass is 16.6. The maximum atomic E-state index is 13.1. The van der Waals surface area contributed by atoms with Crippen molar-refractivity contribution in [3.63, 3.8) is 0 Å². The summed E-state index contributed by atoms with van der Waals surface area (Å²) in [6.45, 7) is 4.25. The minimum absolute atomic E-state index is 0.0131. The van der Waals surface area contributed by atoms with Crippen molar-refractivity contribution in [2.75, 3.05) is 26.3 Å². The average Bonchev–Trinajstić information content (AvgIpc) is 3.16. The van der Waals surface area contributed by atoms with Crippen molar-refractivity contribution in [3.8, 4) is 11.5 Å². The van der Waals surface area contributed by atoms with Gasteiger partial charge >= 0.3 is 0 Å². The fourth-order valence-corrected chi connectivity index (χ4v) is 3.90. The van der Waals surface area contributed by atoms with E-state index in [1.165, 1.54) is 0 Å². The van der Waals surface area contributed by atoms with Gasteiger partial charge in [-0.15, -0.1) is 10.2 Å². The Morgan fingerprint density at radius 3 is 2.75 bits per heavy atom. The van der Waals surface area contributed by atoms with Gasteiger partial charge in [0.2, 0.25) is 0 Å². The SMILES string of the molecule is Cc1ccc2nnc(C3CCN(C(=O)c4cccc5c4OCCO5)CC3)n2n1. The summed E-state index contributed by atoms with van der Waals surface area (Å²) < 4.78 is 13.1. The van der Waals surface area contributed by atoms with E-state index in [0.717, 1.165) is 30.0 Å². The van der Waals surface area contributed by atoms with E-state index < -0.39 is 0 Å². The number of benzene rings is 1.